The molecule has 0 aliphatic carbocycles. The Morgan fingerprint density at radius 1 is 1.40 bits per heavy atom. The van der Waals surface area contributed by atoms with Crippen molar-refractivity contribution in [1.82, 2.24) is 5.32 Å². The minimum absolute atomic E-state index is 0.112. The highest BCUT2D eigenvalue weighted by molar-refractivity contribution is 5.94. The summed E-state index contributed by atoms with van der Waals surface area (Å²) >= 11 is 0. The number of carbonyl (C=O) groups excluding carboxylic acids is 1. The molecule has 0 aromatic heterocycles. The van der Waals surface area contributed by atoms with Crippen molar-refractivity contribution >= 4 is 5.91 Å². The van der Waals surface area contributed by atoms with Crippen molar-refractivity contribution in [1.29, 1.82) is 0 Å². The number of nitrogens with one attached hydrogen (secondary N) is 1. The van der Waals surface area contributed by atoms with E-state index in [1.807, 2.05) is 18.2 Å². The molecule has 2 N–H and O–H groups in total. The van der Waals surface area contributed by atoms with Gasteiger partial charge in [0.05, 0.1) is 12.2 Å². The van der Waals surface area contributed by atoms with Gasteiger partial charge in [-0.25, -0.2) is 0 Å². The first-order valence-electron chi connectivity index (χ1n) is 6.90. The SMILES string of the molecule is CO[C@@H]1CC[C@H](O)[C@@H](CCNC(=O)c2ccccc2)O1. The molecule has 0 radical (unpaired) electrons. The largest absolute Gasteiger partial charge is 0.390 e. The lowest BCUT2D eigenvalue weighted by Crippen LogP contribution is -2.41. The summed E-state index contributed by atoms with van der Waals surface area (Å²) < 4.78 is 10.8. The molecule has 1 saturated heterocycles. The van der Waals surface area contributed by atoms with E-state index in [2.05, 4.69) is 5.32 Å². The first-order chi connectivity index (χ1) is 9.70. The van der Waals surface area contributed by atoms with Gasteiger partial charge in [-0.1, -0.05) is 18.2 Å². The molecule has 2 rings (SSSR count). The van der Waals surface area contributed by atoms with Crippen LogP contribution in [0.1, 0.15) is 29.6 Å². The maximum Gasteiger partial charge on any atom is 0.251 e. The van der Waals surface area contributed by atoms with Gasteiger partial charge in [-0.15, -0.1) is 0 Å². The molecular formula is C15H21NO4. The summed E-state index contributed by atoms with van der Waals surface area (Å²) in [4.78, 5) is 11.8. The molecule has 1 aromatic rings. The minimum atomic E-state index is -0.491. The molecule has 1 amide bonds. The molecule has 5 heteroatoms. The standard InChI is InChI=1S/C15H21NO4/c1-19-14-8-7-12(17)13(20-14)9-10-16-15(18)11-5-3-2-4-6-11/h2-6,12-14,17H,7-10H2,1H3,(H,16,18)/t12-,13+,14-/m0/s1. The molecule has 1 fully saturated rings. The van der Waals surface area contributed by atoms with Gasteiger partial charge >= 0.3 is 0 Å². The van der Waals surface area contributed by atoms with E-state index in [-0.39, 0.29) is 18.3 Å². The summed E-state index contributed by atoms with van der Waals surface area (Å²) in [6, 6.07) is 9.05. The van der Waals surface area contributed by atoms with Gasteiger partial charge in [-0.05, 0) is 25.0 Å². The fourth-order valence-corrected chi connectivity index (χ4v) is 2.30. The van der Waals surface area contributed by atoms with Crippen LogP contribution in [0.5, 0.6) is 0 Å². The molecule has 0 unspecified atom stereocenters. The fraction of sp³-hybridized carbons (Fsp3) is 0.533. The number of ether oxygens (including phenoxy) is 2. The average molecular weight is 279 g/mol. The minimum Gasteiger partial charge on any atom is -0.390 e. The number of hydrogen-bond acceptors (Lipinski definition) is 4. The van der Waals surface area contributed by atoms with E-state index in [9.17, 15) is 9.90 Å². The number of carbonyl (C=O) groups is 1. The normalized spacial score (nSPS) is 26.2. The number of aliphatic hydroxyl groups excluding tert-OH is 1. The monoisotopic (exact) mass is 279 g/mol. The van der Waals surface area contributed by atoms with E-state index in [1.165, 1.54) is 0 Å². The van der Waals surface area contributed by atoms with E-state index < -0.39 is 6.10 Å². The number of benzene rings is 1. The highest BCUT2D eigenvalue weighted by Gasteiger charge is 2.29. The molecular weight excluding hydrogens is 258 g/mol. The number of methoxy groups -OCH3 is 1. The average Bonchev–Trinajstić information content (AvgIpc) is 2.50. The van der Waals surface area contributed by atoms with E-state index in [4.69, 9.17) is 9.47 Å². The van der Waals surface area contributed by atoms with Crippen molar-refractivity contribution in [3.63, 3.8) is 0 Å². The van der Waals surface area contributed by atoms with Gasteiger partial charge in [0.15, 0.2) is 6.29 Å². The Balaban J connectivity index is 1.76. The molecule has 110 valence electrons. The second kappa shape index (κ2) is 7.38. The lowest BCUT2D eigenvalue weighted by molar-refractivity contribution is -0.212. The van der Waals surface area contributed by atoms with Crippen LogP contribution < -0.4 is 5.32 Å². The van der Waals surface area contributed by atoms with E-state index in [0.29, 0.717) is 31.4 Å². The molecule has 0 bridgehead atoms. The van der Waals surface area contributed by atoms with Gasteiger partial charge in [-0.3, -0.25) is 4.79 Å². The predicted molar refractivity (Wildman–Crippen MR) is 74.3 cm³/mol. The second-order valence-electron chi connectivity index (χ2n) is 4.90. The zero-order chi connectivity index (χ0) is 14.4. The number of rotatable bonds is 5. The van der Waals surface area contributed by atoms with Gasteiger partial charge < -0.3 is 19.9 Å². The van der Waals surface area contributed by atoms with Crippen molar-refractivity contribution in [3.05, 3.63) is 35.9 Å². The van der Waals surface area contributed by atoms with Gasteiger partial charge in [0.1, 0.15) is 0 Å². The molecule has 0 spiro atoms. The third kappa shape index (κ3) is 4.03. The first kappa shape index (κ1) is 15.0. The zero-order valence-corrected chi connectivity index (χ0v) is 11.6. The molecule has 20 heavy (non-hydrogen) atoms. The summed E-state index contributed by atoms with van der Waals surface area (Å²) in [5, 5.41) is 12.7. The van der Waals surface area contributed by atoms with Crippen LogP contribution in [-0.2, 0) is 9.47 Å². The van der Waals surface area contributed by atoms with E-state index >= 15 is 0 Å². The van der Waals surface area contributed by atoms with Gasteiger partial charge in [-0.2, -0.15) is 0 Å². The Labute approximate surface area is 118 Å². The van der Waals surface area contributed by atoms with Crippen molar-refractivity contribution in [2.24, 2.45) is 0 Å². The summed E-state index contributed by atoms with van der Waals surface area (Å²) in [5.41, 5.74) is 0.632. The highest BCUT2D eigenvalue weighted by atomic mass is 16.7. The summed E-state index contributed by atoms with van der Waals surface area (Å²) in [5.74, 6) is -0.112. The summed E-state index contributed by atoms with van der Waals surface area (Å²) in [6.45, 7) is 0.464. The van der Waals surface area contributed by atoms with Crippen LogP contribution in [0.15, 0.2) is 30.3 Å². The zero-order valence-electron chi connectivity index (χ0n) is 11.6. The topological polar surface area (TPSA) is 67.8 Å². The predicted octanol–water partition coefficient (Wildman–Crippen LogP) is 1.32. The molecule has 5 nitrogen and oxygen atoms in total. The Kier molecular flexibility index (Phi) is 5.52. The summed E-state index contributed by atoms with van der Waals surface area (Å²) in [7, 11) is 1.59. The van der Waals surface area contributed by atoms with Crippen LogP contribution in [-0.4, -0.2) is 43.2 Å². The van der Waals surface area contributed by atoms with Gasteiger partial charge in [0, 0.05) is 25.6 Å². The number of amides is 1. The Morgan fingerprint density at radius 3 is 2.85 bits per heavy atom. The third-order valence-corrected chi connectivity index (χ3v) is 3.47. The van der Waals surface area contributed by atoms with Crippen LogP contribution in [0.2, 0.25) is 0 Å². The van der Waals surface area contributed by atoms with Crippen LogP contribution in [0.3, 0.4) is 0 Å². The molecule has 0 saturated carbocycles. The molecule has 1 aliphatic rings. The number of hydrogen-bond donors (Lipinski definition) is 2. The molecule has 3 atom stereocenters. The molecule has 1 heterocycles. The van der Waals surface area contributed by atoms with Crippen molar-refractivity contribution in [2.45, 2.75) is 37.8 Å². The third-order valence-electron chi connectivity index (χ3n) is 3.47. The smallest absolute Gasteiger partial charge is 0.251 e. The van der Waals surface area contributed by atoms with Crippen LogP contribution >= 0.6 is 0 Å². The van der Waals surface area contributed by atoms with Crippen molar-refractivity contribution in [3.8, 4) is 0 Å². The van der Waals surface area contributed by atoms with Crippen molar-refractivity contribution in [2.75, 3.05) is 13.7 Å². The maximum atomic E-state index is 11.8. The van der Waals surface area contributed by atoms with Gasteiger partial charge in [0.25, 0.3) is 5.91 Å². The Bertz CT molecular complexity index is 423. The first-order valence-corrected chi connectivity index (χ1v) is 6.90. The Morgan fingerprint density at radius 2 is 2.15 bits per heavy atom. The van der Waals surface area contributed by atoms with Gasteiger partial charge in [0.2, 0.25) is 0 Å². The van der Waals surface area contributed by atoms with Crippen LogP contribution in [0.4, 0.5) is 0 Å². The fourth-order valence-electron chi connectivity index (χ4n) is 2.30. The van der Waals surface area contributed by atoms with Crippen LogP contribution in [0.25, 0.3) is 0 Å². The summed E-state index contributed by atoms with van der Waals surface area (Å²) in [6.07, 6.45) is 0.896. The lowest BCUT2D eigenvalue weighted by atomic mass is 10.0. The molecule has 1 aromatic carbocycles. The van der Waals surface area contributed by atoms with E-state index in [0.717, 1.165) is 0 Å². The van der Waals surface area contributed by atoms with Crippen molar-refractivity contribution < 1.29 is 19.4 Å². The number of aliphatic hydroxyl groups is 1. The highest BCUT2D eigenvalue weighted by Crippen LogP contribution is 2.21. The molecule has 1 aliphatic heterocycles. The quantitative estimate of drug-likeness (QED) is 0.853. The maximum absolute atomic E-state index is 11.8. The Hall–Kier alpha value is -1.43. The second-order valence-corrected chi connectivity index (χ2v) is 4.90. The lowest BCUT2D eigenvalue weighted by Gasteiger charge is -2.33. The van der Waals surface area contributed by atoms with E-state index in [1.54, 1.807) is 19.2 Å². The van der Waals surface area contributed by atoms with Crippen LogP contribution in [0, 0.1) is 0 Å².